The van der Waals surface area contributed by atoms with Crippen LogP contribution >= 0.6 is 0 Å². The lowest BCUT2D eigenvalue weighted by atomic mass is 9.83. The molecule has 8 bridgehead atoms. The summed E-state index contributed by atoms with van der Waals surface area (Å²) in [5.41, 5.74) is 6.68. The number of hydrogen-bond acceptors (Lipinski definition) is 7. The highest BCUT2D eigenvalue weighted by Crippen LogP contribution is 2.49. The summed E-state index contributed by atoms with van der Waals surface area (Å²) in [6.07, 6.45) is 4.02. The molecule has 0 fully saturated rings. The van der Waals surface area contributed by atoms with Crippen LogP contribution in [0.2, 0.25) is 0 Å². The Morgan fingerprint density at radius 3 is 1.38 bits per heavy atom. The molecule has 6 rings (SSSR count). The van der Waals surface area contributed by atoms with Gasteiger partial charge in [0.05, 0.1) is 11.8 Å². The normalized spacial score (nSPS) is 30.3. The molecule has 0 N–H and O–H groups in total. The predicted molar refractivity (Wildman–Crippen MR) is 180 cm³/mol. The van der Waals surface area contributed by atoms with Gasteiger partial charge >= 0.3 is 11.9 Å². The second-order valence-electron chi connectivity index (χ2n) is 14.1. The van der Waals surface area contributed by atoms with Crippen LogP contribution in [-0.2, 0) is 23.8 Å². The zero-order chi connectivity index (χ0) is 33.9. The smallest absolute Gasteiger partial charge is 0.334 e. The molecule has 8 atom stereocenters. The van der Waals surface area contributed by atoms with E-state index in [2.05, 4.69) is 26.3 Å². The number of ether oxygens (including phenoxy) is 3. The molecule has 0 unspecified atom stereocenters. The molecule has 2 aromatic rings. The number of carbonyl (C=O) groups is 2. The minimum Gasteiger partial charge on any atom is -0.462 e. The topological polar surface area (TPSA) is 88.1 Å². The Morgan fingerprint density at radius 2 is 1.04 bits per heavy atom. The average Bonchev–Trinajstić information content (AvgIpc) is 3.72. The van der Waals surface area contributed by atoms with Crippen molar-refractivity contribution in [1.29, 1.82) is 0 Å². The molecule has 7 nitrogen and oxygen atoms in total. The molecule has 6 heterocycles. The van der Waals surface area contributed by atoms with Crippen molar-refractivity contribution in [2.24, 2.45) is 11.8 Å². The summed E-state index contributed by atoms with van der Waals surface area (Å²) in [6, 6.07) is 4.02. The fraction of sp³-hybridized carbons (Fsp3) is 0.450. The Labute approximate surface area is 277 Å². The third-order valence-corrected chi connectivity index (χ3v) is 10.3. The van der Waals surface area contributed by atoms with E-state index in [9.17, 15) is 9.59 Å². The summed E-state index contributed by atoms with van der Waals surface area (Å²) in [6.45, 7) is 29.1. The monoisotopic (exact) mass is 638 g/mol. The number of carbonyl (C=O) groups excluding carboxylic acids is 2. The Bertz CT molecular complexity index is 1610. The molecular weight excluding hydrogens is 592 g/mol. The number of hydrogen-bond donors (Lipinski definition) is 0. The molecule has 0 saturated carbocycles. The summed E-state index contributed by atoms with van der Waals surface area (Å²) in [5.74, 6) is 1.11. The molecule has 0 amide bonds. The Kier molecular flexibility index (Phi) is 8.73. The summed E-state index contributed by atoms with van der Waals surface area (Å²) in [7, 11) is 0. The van der Waals surface area contributed by atoms with E-state index in [0.29, 0.717) is 59.9 Å². The first-order chi connectivity index (χ1) is 22.2. The van der Waals surface area contributed by atoms with Gasteiger partial charge in [-0.25, -0.2) is 9.59 Å². The fourth-order valence-corrected chi connectivity index (χ4v) is 7.75. The summed E-state index contributed by atoms with van der Waals surface area (Å²) in [4.78, 5) is 26.0. The van der Waals surface area contributed by atoms with Gasteiger partial charge in [0.25, 0.3) is 0 Å². The molecule has 4 aliphatic heterocycles. The average molecular weight is 639 g/mol. The van der Waals surface area contributed by atoms with Crippen molar-refractivity contribution in [2.45, 2.75) is 103 Å². The van der Waals surface area contributed by atoms with Gasteiger partial charge < -0.3 is 23.0 Å². The Balaban J connectivity index is 1.51. The standard InChI is InChI=1S/C40H46O7/c1-19(2)27-13-11-25-17-31(45-39(25)41)33(21(5)6)29-15-23(9)35(43-29)37(27)47-38-28(20(3)4)14-12-26-18-32(46-40(26)42)34(22(7)8)30-16-24(10)36(38)44-30/h15-18,27-28,31-34,37-38H,1,3,5,7,11-14H2,2,4,6,8-10H3/t27-,28+,31+,32-,33-,34+,37-,38+. The van der Waals surface area contributed by atoms with E-state index in [1.54, 1.807) is 0 Å². The van der Waals surface area contributed by atoms with Gasteiger partial charge in [-0.1, -0.05) is 48.6 Å². The van der Waals surface area contributed by atoms with Crippen LogP contribution in [0, 0.1) is 25.7 Å². The Hall–Kier alpha value is -4.10. The lowest BCUT2D eigenvalue weighted by Crippen LogP contribution is -2.26. The number of aryl methyl sites for hydroxylation is 2. The lowest BCUT2D eigenvalue weighted by Gasteiger charge is -2.34. The molecule has 0 aromatic carbocycles. The van der Waals surface area contributed by atoms with Crippen molar-refractivity contribution in [3.63, 3.8) is 0 Å². The summed E-state index contributed by atoms with van der Waals surface area (Å²) >= 11 is 0. The lowest BCUT2D eigenvalue weighted by molar-refractivity contribution is -0.141. The van der Waals surface area contributed by atoms with Gasteiger partial charge in [-0.15, -0.1) is 0 Å². The number of esters is 2. The van der Waals surface area contributed by atoms with Crippen LogP contribution in [-0.4, -0.2) is 24.1 Å². The molecular formula is C40H46O7. The fourth-order valence-electron chi connectivity index (χ4n) is 7.75. The molecule has 248 valence electrons. The number of furan rings is 2. The van der Waals surface area contributed by atoms with Crippen LogP contribution in [0.15, 0.2) is 92.9 Å². The first-order valence-corrected chi connectivity index (χ1v) is 16.6. The second kappa shape index (κ2) is 12.5. The van der Waals surface area contributed by atoms with Gasteiger partial charge in [0.1, 0.15) is 47.5 Å². The highest BCUT2D eigenvalue weighted by atomic mass is 16.6. The van der Waals surface area contributed by atoms with Crippen molar-refractivity contribution in [1.82, 2.24) is 0 Å². The molecule has 4 aliphatic rings. The van der Waals surface area contributed by atoms with Gasteiger partial charge in [-0.2, -0.15) is 0 Å². The van der Waals surface area contributed by atoms with Crippen LogP contribution in [0.25, 0.3) is 0 Å². The first-order valence-electron chi connectivity index (χ1n) is 16.6. The molecule has 0 radical (unpaired) electrons. The third kappa shape index (κ3) is 5.95. The van der Waals surface area contributed by atoms with Crippen molar-refractivity contribution in [3.8, 4) is 0 Å². The van der Waals surface area contributed by atoms with E-state index in [4.69, 9.17) is 23.0 Å². The van der Waals surface area contributed by atoms with E-state index in [0.717, 1.165) is 33.4 Å². The van der Waals surface area contributed by atoms with Crippen molar-refractivity contribution < 1.29 is 32.6 Å². The molecule has 0 aliphatic carbocycles. The molecule has 7 heteroatoms. The zero-order valence-electron chi connectivity index (χ0n) is 28.4. The first kappa shape index (κ1) is 32.8. The Morgan fingerprint density at radius 1 is 0.660 bits per heavy atom. The SMILES string of the molecule is C=C(C)[C@H]1CCC2=C[C@H](OC2=O)[C@H](C(=C)C)c2cc(C)c(o2)[C@@H]1O[C@@H]1c2oc(cc2C)[C@H](C(=C)C)[C@H]2C=C(CC[C@H]1C(=C)C)C(=O)O2. The van der Waals surface area contributed by atoms with Crippen LogP contribution in [0.5, 0.6) is 0 Å². The van der Waals surface area contributed by atoms with E-state index >= 15 is 0 Å². The molecule has 47 heavy (non-hydrogen) atoms. The molecule has 0 spiro atoms. The van der Waals surface area contributed by atoms with E-state index < -0.39 is 24.4 Å². The van der Waals surface area contributed by atoms with Crippen LogP contribution in [0.3, 0.4) is 0 Å². The third-order valence-electron chi connectivity index (χ3n) is 10.3. The van der Waals surface area contributed by atoms with Crippen molar-refractivity contribution in [3.05, 3.63) is 118 Å². The largest absolute Gasteiger partial charge is 0.462 e. The van der Waals surface area contributed by atoms with Gasteiger partial charge in [-0.3, -0.25) is 0 Å². The predicted octanol–water partition coefficient (Wildman–Crippen LogP) is 9.28. The highest BCUT2D eigenvalue weighted by Gasteiger charge is 2.43. The molecule has 0 saturated heterocycles. The van der Waals surface area contributed by atoms with Crippen LogP contribution in [0.1, 0.15) is 112 Å². The summed E-state index contributed by atoms with van der Waals surface area (Å²) < 4.78 is 32.5. The van der Waals surface area contributed by atoms with Crippen LogP contribution in [0.4, 0.5) is 0 Å². The highest BCUT2D eigenvalue weighted by molar-refractivity contribution is 5.91. The zero-order valence-corrected chi connectivity index (χ0v) is 28.4. The van der Waals surface area contributed by atoms with E-state index in [1.165, 1.54) is 0 Å². The van der Waals surface area contributed by atoms with Gasteiger partial charge in [-0.05, 0) is 103 Å². The van der Waals surface area contributed by atoms with Crippen molar-refractivity contribution in [2.75, 3.05) is 0 Å². The second-order valence-corrected chi connectivity index (χ2v) is 14.1. The van der Waals surface area contributed by atoms with Crippen LogP contribution < -0.4 is 0 Å². The molecule has 2 aromatic heterocycles. The van der Waals surface area contributed by atoms with Gasteiger partial charge in [0, 0.05) is 23.0 Å². The van der Waals surface area contributed by atoms with E-state index in [1.807, 2.05) is 65.8 Å². The quantitative estimate of drug-likeness (QED) is 0.230. The van der Waals surface area contributed by atoms with Gasteiger partial charge in [0.15, 0.2) is 0 Å². The van der Waals surface area contributed by atoms with Gasteiger partial charge in [0.2, 0.25) is 0 Å². The number of rotatable bonds is 6. The van der Waals surface area contributed by atoms with E-state index in [-0.39, 0.29) is 35.6 Å². The minimum absolute atomic E-state index is 0.197. The summed E-state index contributed by atoms with van der Waals surface area (Å²) in [5, 5.41) is 0. The van der Waals surface area contributed by atoms with Crippen molar-refractivity contribution >= 4 is 11.9 Å². The maximum atomic E-state index is 13.0. The minimum atomic E-state index is -0.553. The maximum absolute atomic E-state index is 13.0. The maximum Gasteiger partial charge on any atom is 0.334 e. The number of fused-ring (bicyclic) bond motifs is 6.